The monoisotopic (exact) mass is 312 g/mol. The lowest BCUT2D eigenvalue weighted by Crippen LogP contribution is -2.51. The largest absolute Gasteiger partial charge is 0.481 e. The Hall–Kier alpha value is -1.56. The molecule has 0 bridgehead atoms. The standard InChI is InChI=1S/C15H24N2O3S/c1-10(7-11-5-6-21-9-11)16-14(20)17-12(8-13(18)19)15(2,3)4/h5-6,9-10,12H,7-8H2,1-4H3,(H,18,19)(H2,16,17,20). The summed E-state index contributed by atoms with van der Waals surface area (Å²) in [6.07, 6.45) is 0.672. The average Bonchev–Trinajstić information content (AvgIpc) is 2.78. The Morgan fingerprint density at radius 2 is 2.00 bits per heavy atom. The summed E-state index contributed by atoms with van der Waals surface area (Å²) in [7, 11) is 0. The second-order valence-corrected chi connectivity index (χ2v) is 7.15. The third kappa shape index (κ3) is 6.62. The van der Waals surface area contributed by atoms with Gasteiger partial charge in [0.25, 0.3) is 0 Å². The zero-order valence-corrected chi connectivity index (χ0v) is 13.8. The minimum Gasteiger partial charge on any atom is -0.481 e. The lowest BCUT2D eigenvalue weighted by Gasteiger charge is -2.30. The van der Waals surface area contributed by atoms with E-state index in [1.165, 1.54) is 5.56 Å². The van der Waals surface area contributed by atoms with Crippen molar-refractivity contribution in [1.82, 2.24) is 10.6 Å². The van der Waals surface area contributed by atoms with Gasteiger partial charge in [0, 0.05) is 12.1 Å². The molecule has 6 heteroatoms. The minimum absolute atomic E-state index is 0.00922. The number of hydrogen-bond donors (Lipinski definition) is 3. The molecule has 1 aromatic rings. The highest BCUT2D eigenvalue weighted by Crippen LogP contribution is 2.21. The van der Waals surface area contributed by atoms with Crippen molar-refractivity contribution < 1.29 is 14.7 Å². The Morgan fingerprint density at radius 3 is 2.48 bits per heavy atom. The second kappa shape index (κ2) is 7.45. The summed E-state index contributed by atoms with van der Waals surface area (Å²) in [6, 6.07) is 1.29. The van der Waals surface area contributed by atoms with Crippen molar-refractivity contribution >= 4 is 23.3 Å². The van der Waals surface area contributed by atoms with Crippen molar-refractivity contribution in [3.63, 3.8) is 0 Å². The van der Waals surface area contributed by atoms with E-state index in [-0.39, 0.29) is 23.9 Å². The first-order chi connectivity index (χ1) is 9.68. The molecule has 2 unspecified atom stereocenters. The number of amides is 2. The quantitative estimate of drug-likeness (QED) is 0.756. The van der Waals surface area contributed by atoms with Crippen LogP contribution in [0.1, 0.15) is 39.7 Å². The molecule has 1 heterocycles. The molecule has 0 saturated heterocycles. The SMILES string of the molecule is CC(Cc1ccsc1)NC(=O)NC(CC(=O)O)C(C)(C)C. The van der Waals surface area contributed by atoms with E-state index in [9.17, 15) is 9.59 Å². The summed E-state index contributed by atoms with van der Waals surface area (Å²) in [5.74, 6) is -0.915. The minimum atomic E-state index is -0.915. The van der Waals surface area contributed by atoms with Crippen molar-refractivity contribution in [3.8, 4) is 0 Å². The van der Waals surface area contributed by atoms with E-state index in [4.69, 9.17) is 5.11 Å². The maximum absolute atomic E-state index is 12.0. The van der Waals surface area contributed by atoms with Gasteiger partial charge in [-0.1, -0.05) is 20.8 Å². The molecule has 3 N–H and O–H groups in total. The zero-order valence-electron chi connectivity index (χ0n) is 13.0. The third-order valence-corrected chi connectivity index (χ3v) is 3.96. The number of rotatable bonds is 6. The van der Waals surface area contributed by atoms with Crippen LogP contribution in [0.25, 0.3) is 0 Å². The molecule has 21 heavy (non-hydrogen) atoms. The Morgan fingerprint density at radius 1 is 1.33 bits per heavy atom. The van der Waals surface area contributed by atoms with Crippen LogP contribution in [0.4, 0.5) is 4.79 Å². The van der Waals surface area contributed by atoms with Crippen molar-refractivity contribution in [3.05, 3.63) is 22.4 Å². The predicted octanol–water partition coefficient (Wildman–Crippen LogP) is 2.87. The molecule has 0 aliphatic heterocycles. The smallest absolute Gasteiger partial charge is 0.315 e. The fourth-order valence-corrected chi connectivity index (χ4v) is 2.67. The Kier molecular flexibility index (Phi) is 6.20. The number of carboxylic acids is 1. The van der Waals surface area contributed by atoms with Crippen LogP contribution in [0.3, 0.4) is 0 Å². The highest BCUT2D eigenvalue weighted by atomic mass is 32.1. The van der Waals surface area contributed by atoms with E-state index in [1.807, 2.05) is 39.1 Å². The molecule has 2 atom stereocenters. The summed E-state index contributed by atoms with van der Waals surface area (Å²) in [4.78, 5) is 22.9. The second-order valence-electron chi connectivity index (χ2n) is 6.37. The number of aliphatic carboxylic acids is 1. The average molecular weight is 312 g/mol. The van der Waals surface area contributed by atoms with Gasteiger partial charge in [-0.3, -0.25) is 4.79 Å². The molecule has 1 aromatic heterocycles. The summed E-state index contributed by atoms with van der Waals surface area (Å²) >= 11 is 1.63. The van der Waals surface area contributed by atoms with E-state index in [0.717, 1.165) is 6.42 Å². The van der Waals surface area contributed by atoms with Gasteiger partial charge in [-0.05, 0) is 41.1 Å². The predicted molar refractivity (Wildman–Crippen MR) is 84.6 cm³/mol. The van der Waals surface area contributed by atoms with Crippen molar-refractivity contribution in [2.75, 3.05) is 0 Å². The number of hydrogen-bond acceptors (Lipinski definition) is 3. The van der Waals surface area contributed by atoms with Gasteiger partial charge in [0.2, 0.25) is 0 Å². The van der Waals surface area contributed by atoms with Crippen LogP contribution in [0.15, 0.2) is 16.8 Å². The molecule has 0 aromatic carbocycles. The van der Waals surface area contributed by atoms with Crippen LogP contribution in [0.5, 0.6) is 0 Å². The van der Waals surface area contributed by atoms with E-state index in [2.05, 4.69) is 16.0 Å². The van der Waals surface area contributed by atoms with Crippen LogP contribution < -0.4 is 10.6 Å². The van der Waals surface area contributed by atoms with Gasteiger partial charge in [0.05, 0.1) is 6.42 Å². The van der Waals surface area contributed by atoms with Crippen LogP contribution in [0, 0.1) is 5.41 Å². The fourth-order valence-electron chi connectivity index (χ4n) is 1.99. The first-order valence-corrected chi connectivity index (χ1v) is 7.92. The molecule has 0 aliphatic rings. The van der Waals surface area contributed by atoms with E-state index < -0.39 is 12.0 Å². The molecule has 118 valence electrons. The van der Waals surface area contributed by atoms with E-state index in [1.54, 1.807) is 11.3 Å². The third-order valence-electron chi connectivity index (χ3n) is 3.23. The molecular formula is C15H24N2O3S. The first kappa shape index (κ1) is 17.5. The fraction of sp³-hybridized carbons (Fsp3) is 0.600. The number of carbonyl (C=O) groups is 2. The lowest BCUT2D eigenvalue weighted by molar-refractivity contribution is -0.138. The van der Waals surface area contributed by atoms with Crippen molar-refractivity contribution in [2.45, 2.75) is 52.6 Å². The Balaban J connectivity index is 2.51. The van der Waals surface area contributed by atoms with Crippen LogP contribution >= 0.6 is 11.3 Å². The summed E-state index contributed by atoms with van der Waals surface area (Å²) in [6.45, 7) is 7.67. The number of carboxylic acid groups (broad SMARTS) is 1. The van der Waals surface area contributed by atoms with Crippen LogP contribution in [0.2, 0.25) is 0 Å². The molecule has 0 saturated carbocycles. The molecule has 5 nitrogen and oxygen atoms in total. The number of urea groups is 1. The van der Waals surface area contributed by atoms with Crippen LogP contribution in [-0.2, 0) is 11.2 Å². The number of thiophene rings is 1. The van der Waals surface area contributed by atoms with Gasteiger partial charge in [-0.25, -0.2) is 4.79 Å². The maximum Gasteiger partial charge on any atom is 0.315 e. The van der Waals surface area contributed by atoms with Gasteiger partial charge >= 0.3 is 12.0 Å². The van der Waals surface area contributed by atoms with Gasteiger partial charge in [0.15, 0.2) is 0 Å². The van der Waals surface area contributed by atoms with Gasteiger partial charge in [-0.2, -0.15) is 11.3 Å². The molecular weight excluding hydrogens is 288 g/mol. The van der Waals surface area contributed by atoms with E-state index in [0.29, 0.717) is 0 Å². The maximum atomic E-state index is 12.0. The molecule has 0 fully saturated rings. The van der Waals surface area contributed by atoms with Gasteiger partial charge < -0.3 is 15.7 Å². The normalized spacial score (nSPS) is 14.3. The highest BCUT2D eigenvalue weighted by Gasteiger charge is 2.28. The molecule has 0 spiro atoms. The summed E-state index contributed by atoms with van der Waals surface area (Å²) < 4.78 is 0. The summed E-state index contributed by atoms with van der Waals surface area (Å²) in [5.41, 5.74) is 0.873. The first-order valence-electron chi connectivity index (χ1n) is 6.98. The molecule has 2 amide bonds. The van der Waals surface area contributed by atoms with E-state index >= 15 is 0 Å². The molecule has 0 aliphatic carbocycles. The lowest BCUT2D eigenvalue weighted by atomic mass is 9.85. The van der Waals surface area contributed by atoms with Gasteiger partial charge in [0.1, 0.15) is 0 Å². The topological polar surface area (TPSA) is 78.4 Å². The highest BCUT2D eigenvalue weighted by molar-refractivity contribution is 7.07. The molecule has 1 rings (SSSR count). The Bertz CT molecular complexity index is 466. The van der Waals surface area contributed by atoms with Crippen LogP contribution in [-0.4, -0.2) is 29.2 Å². The van der Waals surface area contributed by atoms with Crippen molar-refractivity contribution in [1.29, 1.82) is 0 Å². The number of nitrogens with one attached hydrogen (secondary N) is 2. The van der Waals surface area contributed by atoms with Gasteiger partial charge in [-0.15, -0.1) is 0 Å². The molecule has 0 radical (unpaired) electrons. The van der Waals surface area contributed by atoms with Crippen molar-refractivity contribution in [2.24, 2.45) is 5.41 Å². The zero-order chi connectivity index (χ0) is 16.0. The Labute approximate surface area is 129 Å². The summed E-state index contributed by atoms with van der Waals surface area (Å²) in [5, 5.41) is 18.6. The number of carbonyl (C=O) groups excluding carboxylic acids is 1.